The molecular formula is C118H175Br3IN4NaO14Si3. The van der Waals surface area contributed by atoms with E-state index in [1.54, 1.807) is 19.2 Å². The Labute approximate surface area is 933 Å². The number of aliphatic hydroxyl groups is 1. The van der Waals surface area contributed by atoms with E-state index < -0.39 is 35.8 Å². The summed E-state index contributed by atoms with van der Waals surface area (Å²) in [5.74, 6) is 0.847. The number of ketones is 4. The largest absolute Gasteiger partial charge is 1.00 e. The van der Waals surface area contributed by atoms with Crippen LogP contribution in [0.4, 0.5) is 0 Å². The molecule has 0 atom stereocenters. The molecule has 0 aliphatic carbocycles. The zero-order valence-electron chi connectivity index (χ0n) is 90.7. The van der Waals surface area contributed by atoms with Crippen LogP contribution in [0.5, 0.6) is 0 Å². The molecule has 0 amide bonds. The molecule has 4 saturated heterocycles. The number of methoxy groups -OCH3 is 3. The molecular weight excluding hydrogens is 2170 g/mol. The molecule has 4 aliphatic heterocycles. The maximum absolute atomic E-state index is 12.8. The van der Waals surface area contributed by atoms with Crippen molar-refractivity contribution < 1.29 is 97.1 Å². The summed E-state index contributed by atoms with van der Waals surface area (Å²) in [6, 6.07) is 71.5. The number of allylic oxidation sites excluding steroid dienone is 1. The summed E-state index contributed by atoms with van der Waals surface area (Å²) >= 11 is 12.7. The van der Waals surface area contributed by atoms with Gasteiger partial charge in [0.25, 0.3) is 5.95 Å². The third-order valence-corrected chi connectivity index (χ3v) is 39.7. The molecule has 18 nitrogen and oxygen atoms in total. The summed E-state index contributed by atoms with van der Waals surface area (Å²) in [6.45, 7) is 51.9. The fraction of sp³-hybridized carbons (Fsp3) is 0.525. The standard InChI is InChI=1S/C33H39NO4.C21H34BrNO2Si.C20H29NO4.C13H11Br.C11H25NOSi.C10H10BrIO.C8H18O2Si.2CH4.Na.H/c1-33(2,32(36)37-3)28-18-16-25(17-19-28)30(35)15-10-22-34-23-20-29(21-24-34)38-31(26-11-6-4-7-12-26)27-13-8-5-9-14-27;1-21(2,3)26(4,5)25-19-12-15-23(16-13-19)14-6-7-20(24)17-8-10-18(22)11-9-17;1-20(2,19(24)25-3)16-8-6-15(7-9-16)18(23)5-4-12-21-13-10-17(22)11-14-21;14-13(11-7-3-1-4-8-11)12-9-5-2-6-10-12;1-11(2,3)14(4,5)13-10-6-8-12-9-7-10;11-9-5-3-8(4-6-9)10(13)2-1-7-12;1-7(2)8(9-3)10-11(4,5)6;;;;/h4-9,11-14,16-19,29,31H,10,15,20-24H2,1-3H3;8-11,19H,6-7,12-16H2,1-5H3;6-9,17,22H,4-5,10-14H2,1-3H3;1-10,13H;10,12H,6-9H2,1-5H3;3-6H,1-2,7H2;1-6H3;2*1H4;;/q;;;;;;;;;+1;-1. The van der Waals surface area contributed by atoms with Crippen molar-refractivity contribution in [3.05, 3.63) is 294 Å². The molecule has 8 aromatic carbocycles. The Morgan fingerprint density at radius 2 is 0.701 bits per heavy atom. The van der Waals surface area contributed by atoms with Crippen molar-refractivity contribution in [1.82, 2.24) is 20.0 Å². The minimum absolute atomic E-state index is 0. The normalized spacial score (nSPS) is 14.8. The van der Waals surface area contributed by atoms with Crippen LogP contribution in [0, 0.1) is 0 Å². The summed E-state index contributed by atoms with van der Waals surface area (Å²) in [4.78, 5) is 80.3. The molecule has 0 unspecified atom stereocenters. The van der Waals surface area contributed by atoms with Gasteiger partial charge in [-0.05, 0) is 269 Å². The molecule has 4 heterocycles. The minimum atomic E-state index is -1.66. The number of halogens is 4. The van der Waals surface area contributed by atoms with E-state index in [-0.39, 0.29) is 104 Å². The van der Waals surface area contributed by atoms with Crippen LogP contribution in [-0.4, -0.2) is 202 Å². The number of likely N-dealkylation sites (tertiary alicyclic amines) is 3. The van der Waals surface area contributed by atoms with Crippen molar-refractivity contribution in [3.8, 4) is 0 Å². The number of alkyl halides is 2. The number of ether oxygens (including phenoxy) is 4. The molecule has 4 fully saturated rings. The average Bonchev–Trinajstić information content (AvgIpc) is 0.852. The van der Waals surface area contributed by atoms with Gasteiger partial charge in [-0.15, -0.1) is 0 Å². The first-order valence-corrected chi connectivity index (χ1v) is 63.8. The molecule has 0 saturated carbocycles. The molecule has 26 heteroatoms. The Hall–Kier alpha value is -5.78. The number of nitrogens with zero attached hydrogens (tertiary/aromatic N) is 3. The van der Waals surface area contributed by atoms with Crippen LogP contribution in [0.1, 0.15) is 288 Å². The van der Waals surface area contributed by atoms with E-state index in [1.165, 1.54) is 49.3 Å². The monoisotopic (exact) mass is 2340 g/mol. The molecule has 144 heavy (non-hydrogen) atoms. The quantitative estimate of drug-likeness (QED) is 0.00934. The van der Waals surface area contributed by atoms with E-state index >= 15 is 0 Å². The molecule has 0 spiro atoms. The van der Waals surface area contributed by atoms with E-state index in [4.69, 9.17) is 32.2 Å². The first-order valence-electron chi connectivity index (χ1n) is 50.5. The SMILES string of the molecule is BrC(c1ccccc1)c1ccccc1.C.C.CC(C)(C)[Si](C)(C)OC1CCN(CCCC(=O)c2ccc(Br)cc2)CC1.CC(C)(C)[Si](C)(C)OC1CCNCC1.COC(=O)C(C)(C)c1ccc(C(=O)CCCN2CCC(O)CC2)cc1.COC(=O)C(C)(C)c1ccc(C(=O)CCCN2CCC(OC(c3ccccc3)c3ccccc3)CC2)cc1.COC(O[Si](C)(C)C)=C(C)C.O=C(CCCI)c1ccc(Br)cc1.[H-].[Na+]. The number of hydrogen-bond acceptors (Lipinski definition) is 18. The molecule has 4 aliphatic rings. The Morgan fingerprint density at radius 3 is 0.979 bits per heavy atom. The fourth-order valence-corrected chi connectivity index (χ4v) is 21.2. The van der Waals surface area contributed by atoms with Crippen LogP contribution >= 0.6 is 70.4 Å². The zero-order chi connectivity index (χ0) is 104. The fourth-order valence-electron chi connectivity index (χ4n) is 16.0. The summed E-state index contributed by atoms with van der Waals surface area (Å²) in [7, 11) is -0.256. The number of nitrogens with one attached hydrogen (secondary N) is 1. The number of rotatable bonds is 36. The van der Waals surface area contributed by atoms with E-state index in [0.29, 0.717) is 64.8 Å². The summed E-state index contributed by atoms with van der Waals surface area (Å²) < 4.78 is 43.1. The van der Waals surface area contributed by atoms with E-state index in [2.05, 4.69) is 275 Å². The van der Waals surface area contributed by atoms with Gasteiger partial charge in [0.05, 0.1) is 49.2 Å². The first-order chi connectivity index (χ1) is 66.6. The van der Waals surface area contributed by atoms with Gasteiger partial charge in [0.2, 0.25) is 8.32 Å². The van der Waals surface area contributed by atoms with Gasteiger partial charge in [0.15, 0.2) is 39.8 Å². The van der Waals surface area contributed by atoms with Gasteiger partial charge in [0, 0.05) is 114 Å². The van der Waals surface area contributed by atoms with Crippen LogP contribution < -0.4 is 34.9 Å². The van der Waals surface area contributed by atoms with Gasteiger partial charge < -0.3 is 58.8 Å². The Morgan fingerprint density at radius 1 is 0.417 bits per heavy atom. The van der Waals surface area contributed by atoms with Crippen LogP contribution in [0.15, 0.2) is 239 Å². The summed E-state index contributed by atoms with van der Waals surface area (Å²) in [5, 5.41) is 13.5. The molecule has 12 rings (SSSR count). The van der Waals surface area contributed by atoms with Gasteiger partial charge in [-0.25, -0.2) is 0 Å². The predicted octanol–water partition coefficient (Wildman–Crippen LogP) is 26.7. The Bertz CT molecular complexity index is 4930. The average molecular weight is 2350 g/mol. The number of benzene rings is 8. The molecule has 792 valence electrons. The van der Waals surface area contributed by atoms with Crippen molar-refractivity contribution in [2.24, 2.45) is 0 Å². The van der Waals surface area contributed by atoms with Gasteiger partial charge in [-0.3, -0.25) is 28.8 Å². The molecule has 0 bridgehead atoms. The van der Waals surface area contributed by atoms with Crippen LogP contribution in [0.2, 0.25) is 55.9 Å². The van der Waals surface area contributed by atoms with E-state index in [9.17, 15) is 33.9 Å². The van der Waals surface area contributed by atoms with Crippen molar-refractivity contribution in [3.63, 3.8) is 0 Å². The Balaban J connectivity index is 0.000000594. The van der Waals surface area contributed by atoms with Crippen LogP contribution in [-0.2, 0) is 52.6 Å². The van der Waals surface area contributed by atoms with Crippen molar-refractivity contribution in [2.75, 3.05) is 97.7 Å². The van der Waals surface area contributed by atoms with Gasteiger partial charge in [-0.1, -0.05) is 321 Å². The number of hydrogen-bond donors (Lipinski definition) is 2. The van der Waals surface area contributed by atoms with Crippen LogP contribution in [0.25, 0.3) is 0 Å². The predicted molar refractivity (Wildman–Crippen MR) is 621 cm³/mol. The number of carbonyl (C=O) groups excluding carboxylic acids is 6. The third kappa shape index (κ3) is 47.4. The topological polar surface area (TPSA) is 209 Å². The maximum Gasteiger partial charge on any atom is 1.00 e. The van der Waals surface area contributed by atoms with Crippen molar-refractivity contribution in [1.29, 1.82) is 0 Å². The molecule has 0 aromatic heterocycles. The Kier molecular flexibility index (Phi) is 61.4. The van der Waals surface area contributed by atoms with E-state index in [1.807, 2.05) is 151 Å². The third-order valence-electron chi connectivity index (χ3n) is 26.9. The van der Waals surface area contributed by atoms with Gasteiger partial charge in [0.1, 0.15) is 6.10 Å². The number of Topliss-reactive ketones (excluding diaryl/α,β-unsaturated/α-hetero) is 4. The molecule has 8 aromatic rings. The maximum atomic E-state index is 12.8. The van der Waals surface area contributed by atoms with Crippen molar-refractivity contribution >= 4 is 130 Å². The summed E-state index contributed by atoms with van der Waals surface area (Å²) in [5.41, 5.74) is 9.24. The second kappa shape index (κ2) is 66.8. The van der Waals surface area contributed by atoms with Crippen LogP contribution in [0.3, 0.4) is 0 Å². The van der Waals surface area contributed by atoms with Gasteiger partial charge >= 0.3 is 41.5 Å². The minimum Gasteiger partial charge on any atom is -1.00 e. The second-order valence-electron chi connectivity index (χ2n) is 42.3. The zero-order valence-corrected chi connectivity index (χ0v) is 102. The number of esters is 2. The molecule has 2 N–H and O–H groups in total. The number of piperidine rings is 4. The first kappa shape index (κ1) is 132. The second-order valence-corrected chi connectivity index (χ2v) is 60.1. The van der Waals surface area contributed by atoms with Gasteiger partial charge in [-0.2, -0.15) is 0 Å². The smallest absolute Gasteiger partial charge is 1.00 e. The molecule has 0 radical (unpaired) electrons. The van der Waals surface area contributed by atoms with E-state index in [0.717, 1.165) is 177 Å². The number of carbonyl (C=O) groups is 6. The number of aliphatic hydroxyl groups excluding tert-OH is 1. The summed E-state index contributed by atoms with van der Waals surface area (Å²) in [6.07, 6.45) is 15.0. The van der Waals surface area contributed by atoms with Crippen molar-refractivity contribution in [2.45, 2.75) is 303 Å².